The number of carbonyl (C=O) groups is 2. The zero-order valence-electron chi connectivity index (χ0n) is 15.5. The summed E-state index contributed by atoms with van der Waals surface area (Å²) in [7, 11) is 3.82. The van der Waals surface area contributed by atoms with Crippen molar-refractivity contribution < 1.29 is 14.7 Å². The van der Waals surface area contributed by atoms with Crippen LogP contribution in [0.25, 0.3) is 0 Å². The topological polar surface area (TPSA) is 64.1 Å². The number of benzene rings is 1. The first-order valence-electron chi connectivity index (χ1n) is 8.94. The molecule has 0 radical (unpaired) electrons. The molecule has 3 rings (SSSR count). The molecule has 2 heterocycles. The first-order chi connectivity index (χ1) is 12.3. The van der Waals surface area contributed by atoms with Gasteiger partial charge < -0.3 is 14.9 Å². The second kappa shape index (κ2) is 7.18. The summed E-state index contributed by atoms with van der Waals surface area (Å²) < 4.78 is 0. The van der Waals surface area contributed by atoms with Crippen LogP contribution in [-0.4, -0.2) is 77.5 Å². The van der Waals surface area contributed by atoms with E-state index in [0.717, 1.165) is 18.7 Å². The van der Waals surface area contributed by atoms with E-state index in [1.807, 2.05) is 30.1 Å². The zero-order valence-corrected chi connectivity index (χ0v) is 16.2. The Hall–Kier alpha value is -1.63. The number of amides is 1. The van der Waals surface area contributed by atoms with Crippen LogP contribution in [0.15, 0.2) is 24.3 Å². The number of carboxylic acids is 1. The Bertz CT molecular complexity index is 705. The molecule has 2 aliphatic rings. The summed E-state index contributed by atoms with van der Waals surface area (Å²) in [6, 6.07) is 7.05. The van der Waals surface area contributed by atoms with Gasteiger partial charge in [-0.1, -0.05) is 29.8 Å². The van der Waals surface area contributed by atoms with Crippen LogP contribution in [0.1, 0.15) is 24.9 Å². The molecule has 26 heavy (non-hydrogen) atoms. The maximum Gasteiger partial charge on any atom is 0.323 e. The average molecular weight is 380 g/mol. The molecule has 1 N–H and O–H groups in total. The average Bonchev–Trinajstić information content (AvgIpc) is 2.88. The molecule has 142 valence electrons. The van der Waals surface area contributed by atoms with Crippen molar-refractivity contribution in [2.45, 2.75) is 24.9 Å². The molecular weight excluding hydrogens is 354 g/mol. The van der Waals surface area contributed by atoms with Crippen LogP contribution in [0.2, 0.25) is 5.02 Å². The number of piperazine rings is 1. The Morgan fingerprint density at radius 2 is 1.77 bits per heavy atom. The fourth-order valence-electron chi connectivity index (χ4n) is 4.12. The highest BCUT2D eigenvalue weighted by Crippen LogP contribution is 2.48. The minimum atomic E-state index is -1.10. The SMILES string of the molecule is CN1CCN(C(=O)[C@H]2C[C@@](C)(C(=O)O)N(C)[C@H]2c2ccccc2Cl)CC1. The van der Waals surface area contributed by atoms with E-state index in [1.165, 1.54) is 0 Å². The van der Waals surface area contributed by atoms with Gasteiger partial charge in [-0.25, -0.2) is 0 Å². The van der Waals surface area contributed by atoms with E-state index in [4.69, 9.17) is 11.6 Å². The second-order valence-corrected chi connectivity index (χ2v) is 8.00. The third-order valence-electron chi connectivity index (χ3n) is 6.01. The van der Waals surface area contributed by atoms with Gasteiger partial charge in [-0.05, 0) is 39.1 Å². The molecule has 2 aliphatic heterocycles. The van der Waals surface area contributed by atoms with Gasteiger partial charge in [-0.15, -0.1) is 0 Å². The molecule has 0 saturated carbocycles. The van der Waals surface area contributed by atoms with E-state index in [-0.39, 0.29) is 18.4 Å². The van der Waals surface area contributed by atoms with Gasteiger partial charge in [0.25, 0.3) is 0 Å². The first-order valence-corrected chi connectivity index (χ1v) is 9.31. The van der Waals surface area contributed by atoms with Crippen LogP contribution in [0.3, 0.4) is 0 Å². The minimum absolute atomic E-state index is 0.0276. The third-order valence-corrected chi connectivity index (χ3v) is 6.36. The molecule has 2 saturated heterocycles. The largest absolute Gasteiger partial charge is 0.480 e. The lowest BCUT2D eigenvalue weighted by Gasteiger charge is -2.36. The highest BCUT2D eigenvalue weighted by atomic mass is 35.5. The Labute approximate surface area is 159 Å². The molecule has 0 unspecified atom stereocenters. The number of hydrogen-bond donors (Lipinski definition) is 1. The molecular formula is C19H26ClN3O3. The van der Waals surface area contributed by atoms with Crippen molar-refractivity contribution in [2.75, 3.05) is 40.3 Å². The predicted molar refractivity (Wildman–Crippen MR) is 100 cm³/mol. The van der Waals surface area contributed by atoms with Gasteiger partial charge in [0.1, 0.15) is 5.54 Å². The number of hydrogen-bond acceptors (Lipinski definition) is 4. The zero-order chi connectivity index (χ0) is 19.1. The van der Waals surface area contributed by atoms with E-state index in [0.29, 0.717) is 18.1 Å². The Kier molecular flexibility index (Phi) is 5.28. The standard InChI is InChI=1S/C19H26ClN3O3/c1-19(18(25)26)12-14(17(24)23-10-8-21(2)9-11-23)16(22(19)3)13-6-4-5-7-15(13)20/h4-7,14,16H,8-12H2,1-3H3,(H,25,26)/t14-,16-,19-/m0/s1. The van der Waals surface area contributed by atoms with E-state index >= 15 is 0 Å². The quantitative estimate of drug-likeness (QED) is 0.869. The van der Waals surface area contributed by atoms with Crippen molar-refractivity contribution in [3.63, 3.8) is 0 Å². The Morgan fingerprint density at radius 1 is 1.15 bits per heavy atom. The van der Waals surface area contributed by atoms with Crippen molar-refractivity contribution in [1.29, 1.82) is 0 Å². The molecule has 0 bridgehead atoms. The fraction of sp³-hybridized carbons (Fsp3) is 0.579. The molecule has 7 heteroatoms. The number of nitrogens with zero attached hydrogens (tertiary/aromatic N) is 3. The molecule has 1 aromatic carbocycles. The number of halogens is 1. The van der Waals surface area contributed by atoms with Crippen molar-refractivity contribution in [3.8, 4) is 0 Å². The maximum atomic E-state index is 13.3. The number of likely N-dealkylation sites (N-methyl/N-ethyl adjacent to an activating group) is 2. The van der Waals surface area contributed by atoms with E-state index in [1.54, 1.807) is 24.9 Å². The molecule has 0 aliphatic carbocycles. The van der Waals surface area contributed by atoms with E-state index < -0.39 is 17.4 Å². The smallest absolute Gasteiger partial charge is 0.323 e. The van der Waals surface area contributed by atoms with Crippen LogP contribution < -0.4 is 0 Å². The van der Waals surface area contributed by atoms with Gasteiger partial charge in [-0.2, -0.15) is 0 Å². The van der Waals surface area contributed by atoms with Crippen LogP contribution in [-0.2, 0) is 9.59 Å². The van der Waals surface area contributed by atoms with Crippen molar-refractivity contribution >= 4 is 23.5 Å². The predicted octanol–water partition coefficient (Wildman–Crippen LogP) is 1.95. The molecule has 2 fully saturated rings. The summed E-state index contributed by atoms with van der Waals surface area (Å²) in [4.78, 5) is 31.1. The molecule has 1 aromatic rings. The molecule has 0 aromatic heterocycles. The van der Waals surface area contributed by atoms with Gasteiger partial charge in [-0.3, -0.25) is 14.5 Å². The summed E-state index contributed by atoms with van der Waals surface area (Å²) >= 11 is 6.41. The summed E-state index contributed by atoms with van der Waals surface area (Å²) in [5.41, 5.74) is -0.286. The van der Waals surface area contributed by atoms with Gasteiger partial charge in [0, 0.05) is 37.2 Å². The summed E-state index contributed by atoms with van der Waals surface area (Å²) in [6.45, 7) is 4.71. The van der Waals surface area contributed by atoms with Crippen LogP contribution in [0, 0.1) is 5.92 Å². The number of aliphatic carboxylic acids is 1. The monoisotopic (exact) mass is 379 g/mol. The van der Waals surface area contributed by atoms with Crippen molar-refractivity contribution in [1.82, 2.24) is 14.7 Å². The molecule has 6 nitrogen and oxygen atoms in total. The highest BCUT2D eigenvalue weighted by molar-refractivity contribution is 6.31. The van der Waals surface area contributed by atoms with Crippen LogP contribution >= 0.6 is 11.6 Å². The van der Waals surface area contributed by atoms with Crippen molar-refractivity contribution in [2.24, 2.45) is 5.92 Å². The first kappa shape index (κ1) is 19.1. The Morgan fingerprint density at radius 3 is 2.35 bits per heavy atom. The highest BCUT2D eigenvalue weighted by Gasteiger charge is 2.55. The minimum Gasteiger partial charge on any atom is -0.480 e. The summed E-state index contributed by atoms with van der Waals surface area (Å²) in [5, 5.41) is 10.4. The third kappa shape index (κ3) is 3.21. The number of carboxylic acid groups (broad SMARTS) is 1. The number of likely N-dealkylation sites (tertiary alicyclic amines) is 1. The lowest BCUT2D eigenvalue weighted by atomic mass is 9.88. The molecule has 0 spiro atoms. The van der Waals surface area contributed by atoms with Crippen LogP contribution in [0.4, 0.5) is 0 Å². The van der Waals surface area contributed by atoms with E-state index in [9.17, 15) is 14.7 Å². The van der Waals surface area contributed by atoms with Gasteiger partial charge in [0.2, 0.25) is 5.91 Å². The van der Waals surface area contributed by atoms with Gasteiger partial charge in [0.05, 0.1) is 5.92 Å². The van der Waals surface area contributed by atoms with Gasteiger partial charge >= 0.3 is 5.97 Å². The molecule has 3 atom stereocenters. The van der Waals surface area contributed by atoms with E-state index in [2.05, 4.69) is 4.90 Å². The van der Waals surface area contributed by atoms with Crippen molar-refractivity contribution in [3.05, 3.63) is 34.9 Å². The molecule has 1 amide bonds. The van der Waals surface area contributed by atoms with Gasteiger partial charge in [0.15, 0.2) is 0 Å². The number of carbonyl (C=O) groups excluding carboxylic acids is 1. The van der Waals surface area contributed by atoms with Crippen LogP contribution in [0.5, 0.6) is 0 Å². The summed E-state index contributed by atoms with van der Waals surface area (Å²) in [5.74, 6) is -1.31. The number of rotatable bonds is 3. The normalized spacial score (nSPS) is 30.5. The fourth-order valence-corrected chi connectivity index (χ4v) is 4.37. The lowest BCUT2D eigenvalue weighted by Crippen LogP contribution is -2.49. The maximum absolute atomic E-state index is 13.3. The Balaban J connectivity index is 1.96. The lowest BCUT2D eigenvalue weighted by molar-refractivity contribution is -0.148. The second-order valence-electron chi connectivity index (χ2n) is 7.60. The summed E-state index contributed by atoms with van der Waals surface area (Å²) in [6.07, 6.45) is 0.278.